The van der Waals surface area contributed by atoms with Crippen molar-refractivity contribution >= 4 is 18.2 Å². The van der Waals surface area contributed by atoms with Gasteiger partial charge in [-0.1, -0.05) is 175 Å². The molecule has 0 spiro atoms. The summed E-state index contributed by atoms with van der Waals surface area (Å²) in [7, 11) is 1.83. The zero-order valence-electron chi connectivity index (χ0n) is 31.7. The minimum atomic E-state index is -1.17. The molecule has 0 aliphatic heterocycles. The quantitative estimate of drug-likeness (QED) is 0.0545. The summed E-state index contributed by atoms with van der Waals surface area (Å²) in [4.78, 5) is 36.2. The Labute approximate surface area is 290 Å². The monoisotopic (exact) mass is 671 g/mol. The van der Waals surface area contributed by atoms with Gasteiger partial charge in [0.15, 0.2) is 0 Å². The minimum absolute atomic E-state index is 0.160. The van der Waals surface area contributed by atoms with E-state index in [2.05, 4.69) is 33.0 Å². The molecule has 0 bridgehead atoms. The van der Waals surface area contributed by atoms with Gasteiger partial charge in [-0.15, -0.1) is 0 Å². The molecule has 1 atom stereocenters. The number of unbranched alkanes of at least 4 members (excludes halogenated alkanes) is 22. The van der Waals surface area contributed by atoms with Crippen molar-refractivity contribution in [2.75, 3.05) is 26.8 Å². The number of ether oxygens (including phenoxy) is 2. The summed E-state index contributed by atoms with van der Waals surface area (Å²) in [5.41, 5.74) is 0. The highest BCUT2D eigenvalue weighted by Crippen LogP contribution is 2.12. The molecule has 1 unspecified atom stereocenters. The van der Waals surface area contributed by atoms with E-state index in [0.717, 1.165) is 51.5 Å². The standard InChI is InChI=1S/C20H39NO4.C19H39NO2/c1-3-5-7-8-9-10-11-12-13-15-17-25-19(22)18(21-20(23)24)16-14-6-4-2;1-4-6-8-9-10-11-12-13-14-16-18-22-19(21)20(3)17-15-7-5-2/h18,21H,3-17H2,1-2H3,(H,23,24);4-18H2,1-3H3. The van der Waals surface area contributed by atoms with E-state index in [1.54, 1.807) is 4.90 Å². The molecular formula is C39H78N2O6. The first-order valence-corrected chi connectivity index (χ1v) is 19.9. The molecule has 0 aromatic carbocycles. The maximum Gasteiger partial charge on any atom is 0.409 e. The SMILES string of the molecule is CCCCCCCCCCCCOC(=O)C(CCCCC)NC(=O)O.CCCCCCCCCCCCOC(=O)N(C)CCCCC. The van der Waals surface area contributed by atoms with E-state index in [1.807, 2.05) is 7.05 Å². The molecule has 8 nitrogen and oxygen atoms in total. The van der Waals surface area contributed by atoms with Gasteiger partial charge in [-0.25, -0.2) is 14.4 Å². The Kier molecular flexibility index (Phi) is 38.6. The predicted molar refractivity (Wildman–Crippen MR) is 197 cm³/mol. The Hall–Kier alpha value is -1.99. The number of carbonyl (C=O) groups is 3. The second kappa shape index (κ2) is 38.5. The van der Waals surface area contributed by atoms with Crippen molar-refractivity contribution in [3.8, 4) is 0 Å². The number of hydrogen-bond acceptors (Lipinski definition) is 5. The minimum Gasteiger partial charge on any atom is -0.465 e. The van der Waals surface area contributed by atoms with E-state index in [4.69, 9.17) is 14.6 Å². The third kappa shape index (κ3) is 36.7. The van der Waals surface area contributed by atoms with Crippen LogP contribution in [0.15, 0.2) is 0 Å². The molecular weight excluding hydrogens is 592 g/mol. The molecule has 0 radical (unpaired) electrons. The number of carbonyl (C=O) groups excluding carboxylic acids is 2. The summed E-state index contributed by atoms with van der Waals surface area (Å²) in [6.07, 6.45) is 30.8. The topological polar surface area (TPSA) is 105 Å². The smallest absolute Gasteiger partial charge is 0.409 e. The number of amides is 2. The van der Waals surface area contributed by atoms with E-state index in [-0.39, 0.29) is 6.09 Å². The van der Waals surface area contributed by atoms with E-state index in [9.17, 15) is 14.4 Å². The van der Waals surface area contributed by atoms with Gasteiger partial charge in [0.2, 0.25) is 0 Å². The van der Waals surface area contributed by atoms with Gasteiger partial charge in [-0.05, 0) is 25.7 Å². The Bertz CT molecular complexity index is 690. The first-order chi connectivity index (χ1) is 22.8. The Balaban J connectivity index is 0. The predicted octanol–water partition coefficient (Wildman–Crippen LogP) is 11.8. The molecule has 0 aromatic rings. The molecule has 0 aliphatic rings. The van der Waals surface area contributed by atoms with Gasteiger partial charge < -0.3 is 24.8 Å². The van der Waals surface area contributed by atoms with E-state index < -0.39 is 18.1 Å². The molecule has 0 fully saturated rings. The van der Waals surface area contributed by atoms with Crippen molar-refractivity contribution in [1.82, 2.24) is 10.2 Å². The second-order valence-electron chi connectivity index (χ2n) is 13.3. The van der Waals surface area contributed by atoms with Crippen LogP contribution >= 0.6 is 0 Å². The number of carboxylic acid groups (broad SMARTS) is 1. The van der Waals surface area contributed by atoms with Crippen molar-refractivity contribution < 1.29 is 29.0 Å². The molecule has 280 valence electrons. The average Bonchev–Trinajstić information content (AvgIpc) is 3.05. The Morgan fingerprint density at radius 2 is 0.894 bits per heavy atom. The zero-order chi connectivity index (χ0) is 35.2. The van der Waals surface area contributed by atoms with Crippen molar-refractivity contribution in [3.05, 3.63) is 0 Å². The average molecular weight is 671 g/mol. The molecule has 47 heavy (non-hydrogen) atoms. The fourth-order valence-electron chi connectivity index (χ4n) is 5.41. The highest BCUT2D eigenvalue weighted by molar-refractivity contribution is 5.80. The van der Waals surface area contributed by atoms with Gasteiger partial charge >= 0.3 is 18.2 Å². The van der Waals surface area contributed by atoms with Crippen molar-refractivity contribution in [3.63, 3.8) is 0 Å². The maximum atomic E-state index is 12.0. The van der Waals surface area contributed by atoms with Crippen molar-refractivity contribution in [2.45, 2.75) is 207 Å². The molecule has 0 heterocycles. The molecule has 0 saturated carbocycles. The lowest BCUT2D eigenvalue weighted by Gasteiger charge is -2.16. The number of hydrogen-bond donors (Lipinski definition) is 2. The van der Waals surface area contributed by atoms with E-state index >= 15 is 0 Å². The third-order valence-corrected chi connectivity index (χ3v) is 8.55. The number of rotatable bonds is 32. The molecule has 0 aromatic heterocycles. The van der Waals surface area contributed by atoms with Crippen molar-refractivity contribution in [1.29, 1.82) is 0 Å². The fourth-order valence-corrected chi connectivity index (χ4v) is 5.41. The summed E-state index contributed by atoms with van der Waals surface area (Å²) in [5.74, 6) is -0.436. The summed E-state index contributed by atoms with van der Waals surface area (Å²) in [5, 5.41) is 11.1. The lowest BCUT2D eigenvalue weighted by molar-refractivity contribution is -0.146. The summed E-state index contributed by atoms with van der Waals surface area (Å²) in [6, 6.07) is -0.729. The molecule has 0 aliphatic carbocycles. The maximum absolute atomic E-state index is 12.0. The van der Waals surface area contributed by atoms with Crippen LogP contribution in [-0.4, -0.2) is 61.0 Å². The van der Waals surface area contributed by atoms with Crippen LogP contribution in [0.3, 0.4) is 0 Å². The van der Waals surface area contributed by atoms with Crippen molar-refractivity contribution in [2.24, 2.45) is 0 Å². The van der Waals surface area contributed by atoms with E-state index in [0.29, 0.717) is 19.6 Å². The number of nitrogens with one attached hydrogen (secondary N) is 1. The van der Waals surface area contributed by atoms with Crippen LogP contribution < -0.4 is 5.32 Å². The van der Waals surface area contributed by atoms with Crippen LogP contribution in [0.4, 0.5) is 9.59 Å². The molecule has 8 heteroatoms. The van der Waals surface area contributed by atoms with Crippen LogP contribution in [0.1, 0.15) is 201 Å². The highest BCUT2D eigenvalue weighted by atomic mass is 16.6. The fraction of sp³-hybridized carbons (Fsp3) is 0.923. The summed E-state index contributed by atoms with van der Waals surface area (Å²) < 4.78 is 10.5. The van der Waals surface area contributed by atoms with Gasteiger partial charge in [0, 0.05) is 13.6 Å². The van der Waals surface area contributed by atoms with Crippen LogP contribution in [0.2, 0.25) is 0 Å². The van der Waals surface area contributed by atoms with Gasteiger partial charge in [0.05, 0.1) is 13.2 Å². The van der Waals surface area contributed by atoms with Crippen LogP contribution in [0.25, 0.3) is 0 Å². The lowest BCUT2D eigenvalue weighted by atomic mass is 10.1. The molecule has 0 saturated heterocycles. The van der Waals surface area contributed by atoms with Gasteiger partial charge in [0.25, 0.3) is 0 Å². The zero-order valence-corrected chi connectivity index (χ0v) is 31.7. The molecule has 2 amide bonds. The van der Waals surface area contributed by atoms with Crippen LogP contribution in [0, 0.1) is 0 Å². The normalized spacial score (nSPS) is 11.3. The Morgan fingerprint density at radius 1 is 0.532 bits per heavy atom. The van der Waals surface area contributed by atoms with Crippen LogP contribution in [0.5, 0.6) is 0 Å². The van der Waals surface area contributed by atoms with Gasteiger partial charge in [0.1, 0.15) is 6.04 Å². The first-order valence-electron chi connectivity index (χ1n) is 19.9. The second-order valence-corrected chi connectivity index (χ2v) is 13.3. The first kappa shape index (κ1) is 47.1. The van der Waals surface area contributed by atoms with Gasteiger partial charge in [-0.2, -0.15) is 0 Å². The Morgan fingerprint density at radius 3 is 1.32 bits per heavy atom. The summed E-state index contributed by atoms with van der Waals surface area (Å²) in [6.45, 7) is 10.5. The molecule has 0 rings (SSSR count). The van der Waals surface area contributed by atoms with Crippen LogP contribution in [-0.2, 0) is 14.3 Å². The molecule has 2 N–H and O–H groups in total. The number of esters is 1. The lowest BCUT2D eigenvalue weighted by Crippen LogP contribution is -2.41. The third-order valence-electron chi connectivity index (χ3n) is 8.55. The summed E-state index contributed by atoms with van der Waals surface area (Å²) >= 11 is 0. The number of nitrogens with zero attached hydrogens (tertiary/aromatic N) is 1. The highest BCUT2D eigenvalue weighted by Gasteiger charge is 2.21. The van der Waals surface area contributed by atoms with Gasteiger partial charge in [-0.3, -0.25) is 0 Å². The van der Waals surface area contributed by atoms with E-state index in [1.165, 1.54) is 122 Å². The largest absolute Gasteiger partial charge is 0.465 e.